The smallest absolute Gasteiger partial charge is 0.354 e. The van der Waals surface area contributed by atoms with Crippen LogP contribution < -0.4 is 0 Å². The van der Waals surface area contributed by atoms with E-state index in [0.717, 1.165) is 6.07 Å². The molecule has 1 heterocycles. The predicted octanol–water partition coefficient (Wildman–Crippen LogP) is 1.87. The van der Waals surface area contributed by atoms with Gasteiger partial charge in [-0.2, -0.15) is 0 Å². The molecule has 0 unspecified atom stereocenters. The van der Waals surface area contributed by atoms with Gasteiger partial charge < -0.3 is 9.84 Å². The molecule has 0 aliphatic rings. The van der Waals surface area contributed by atoms with Crippen molar-refractivity contribution in [1.82, 2.24) is 4.98 Å². The zero-order chi connectivity index (χ0) is 13.2. The van der Waals surface area contributed by atoms with Crippen LogP contribution in [0.2, 0.25) is 0 Å². The molecular formula is C11H12FNO4. The molecule has 0 atom stereocenters. The third-order valence-corrected chi connectivity index (χ3v) is 1.69. The van der Waals surface area contributed by atoms with E-state index in [1.807, 2.05) is 0 Å². The van der Waals surface area contributed by atoms with Gasteiger partial charge in [-0.25, -0.2) is 19.0 Å². The van der Waals surface area contributed by atoms with Gasteiger partial charge in [-0.3, -0.25) is 0 Å². The first-order chi connectivity index (χ1) is 7.70. The third-order valence-electron chi connectivity index (χ3n) is 1.69. The largest absolute Gasteiger partial charge is 0.477 e. The molecule has 0 aromatic carbocycles. The Kier molecular flexibility index (Phi) is 3.45. The van der Waals surface area contributed by atoms with Gasteiger partial charge in [-0.05, 0) is 26.8 Å². The summed E-state index contributed by atoms with van der Waals surface area (Å²) in [5.74, 6) is -3.17. The first-order valence-corrected chi connectivity index (χ1v) is 4.83. The Morgan fingerprint density at radius 2 is 2.00 bits per heavy atom. The second-order valence-electron chi connectivity index (χ2n) is 4.36. The quantitative estimate of drug-likeness (QED) is 0.800. The highest BCUT2D eigenvalue weighted by molar-refractivity contribution is 5.93. The van der Waals surface area contributed by atoms with E-state index in [1.54, 1.807) is 20.8 Å². The molecule has 0 fully saturated rings. The van der Waals surface area contributed by atoms with Crippen molar-refractivity contribution in [3.63, 3.8) is 0 Å². The van der Waals surface area contributed by atoms with E-state index >= 15 is 0 Å². The summed E-state index contributed by atoms with van der Waals surface area (Å²) in [6, 6.07) is 0.853. The van der Waals surface area contributed by atoms with Crippen molar-refractivity contribution < 1.29 is 23.8 Å². The number of pyridine rings is 1. The van der Waals surface area contributed by atoms with Crippen LogP contribution in [-0.2, 0) is 4.74 Å². The molecule has 92 valence electrons. The number of aromatic nitrogens is 1. The number of rotatable bonds is 2. The molecule has 1 N–H and O–H groups in total. The van der Waals surface area contributed by atoms with Crippen LogP contribution in [0.25, 0.3) is 0 Å². The minimum absolute atomic E-state index is 0.410. The van der Waals surface area contributed by atoms with E-state index in [1.165, 1.54) is 0 Å². The van der Waals surface area contributed by atoms with E-state index in [0.29, 0.717) is 6.20 Å². The average molecular weight is 241 g/mol. The van der Waals surface area contributed by atoms with E-state index in [-0.39, 0.29) is 0 Å². The standard InChI is InChI=1S/C11H12FNO4/c1-11(2,3)17-10(16)6-4-8(9(14)15)13-5-7(6)12/h4-5H,1-3H3,(H,14,15). The van der Waals surface area contributed by atoms with Crippen LogP contribution in [-0.4, -0.2) is 27.6 Å². The zero-order valence-electron chi connectivity index (χ0n) is 9.65. The first-order valence-electron chi connectivity index (χ1n) is 4.83. The number of hydrogen-bond donors (Lipinski definition) is 1. The Balaban J connectivity index is 3.08. The maximum absolute atomic E-state index is 13.3. The number of esters is 1. The molecule has 0 aliphatic heterocycles. The summed E-state index contributed by atoms with van der Waals surface area (Å²) in [5.41, 5.74) is -1.63. The highest BCUT2D eigenvalue weighted by Gasteiger charge is 2.22. The zero-order valence-corrected chi connectivity index (χ0v) is 9.65. The van der Waals surface area contributed by atoms with Crippen molar-refractivity contribution in [2.45, 2.75) is 26.4 Å². The number of ether oxygens (including phenoxy) is 1. The van der Waals surface area contributed by atoms with Crippen LogP contribution in [0.4, 0.5) is 4.39 Å². The molecule has 1 aromatic heterocycles. The molecular weight excluding hydrogens is 229 g/mol. The van der Waals surface area contributed by atoms with Crippen LogP contribution in [0.5, 0.6) is 0 Å². The van der Waals surface area contributed by atoms with Gasteiger partial charge in [-0.1, -0.05) is 0 Å². The number of carboxylic acids is 1. The maximum atomic E-state index is 13.3. The Bertz CT molecular complexity index is 465. The normalized spacial score (nSPS) is 11.1. The van der Waals surface area contributed by atoms with E-state index in [2.05, 4.69) is 4.98 Å². The summed E-state index contributed by atoms with van der Waals surface area (Å²) in [6.07, 6.45) is 0.683. The van der Waals surface area contributed by atoms with Crippen molar-refractivity contribution in [2.75, 3.05) is 0 Å². The number of halogens is 1. The second kappa shape index (κ2) is 4.48. The molecule has 5 nitrogen and oxygen atoms in total. The molecule has 0 saturated carbocycles. The van der Waals surface area contributed by atoms with Crippen molar-refractivity contribution in [3.8, 4) is 0 Å². The lowest BCUT2D eigenvalue weighted by atomic mass is 10.1. The molecule has 6 heteroatoms. The molecule has 0 bridgehead atoms. The predicted molar refractivity (Wildman–Crippen MR) is 56.3 cm³/mol. The second-order valence-corrected chi connectivity index (χ2v) is 4.36. The Hall–Kier alpha value is -1.98. The summed E-state index contributed by atoms with van der Waals surface area (Å²) in [6.45, 7) is 4.88. The van der Waals surface area contributed by atoms with Crippen LogP contribution in [0.15, 0.2) is 12.3 Å². The number of carbonyl (C=O) groups excluding carboxylic acids is 1. The summed E-state index contributed by atoms with van der Waals surface area (Å²) in [5, 5.41) is 8.68. The summed E-state index contributed by atoms with van der Waals surface area (Å²) in [7, 11) is 0. The fourth-order valence-electron chi connectivity index (χ4n) is 1.05. The maximum Gasteiger partial charge on any atom is 0.354 e. The highest BCUT2D eigenvalue weighted by atomic mass is 19.1. The number of aromatic carboxylic acids is 1. The summed E-state index contributed by atoms with van der Waals surface area (Å²) < 4.78 is 18.2. The number of carboxylic acid groups (broad SMARTS) is 1. The van der Waals surface area contributed by atoms with Crippen LogP contribution in [0.3, 0.4) is 0 Å². The van der Waals surface area contributed by atoms with Crippen LogP contribution >= 0.6 is 0 Å². The van der Waals surface area contributed by atoms with Crippen molar-refractivity contribution in [3.05, 3.63) is 29.3 Å². The lowest BCUT2D eigenvalue weighted by Crippen LogP contribution is -2.24. The monoisotopic (exact) mass is 241 g/mol. The Morgan fingerprint density at radius 3 is 2.47 bits per heavy atom. The molecule has 0 radical (unpaired) electrons. The van der Waals surface area contributed by atoms with Gasteiger partial charge in [0, 0.05) is 0 Å². The van der Waals surface area contributed by atoms with Crippen molar-refractivity contribution in [1.29, 1.82) is 0 Å². The molecule has 17 heavy (non-hydrogen) atoms. The minimum Gasteiger partial charge on any atom is -0.477 e. The highest BCUT2D eigenvalue weighted by Crippen LogP contribution is 2.15. The third kappa shape index (κ3) is 3.51. The van der Waals surface area contributed by atoms with Gasteiger partial charge in [0.2, 0.25) is 0 Å². The number of nitrogens with zero attached hydrogens (tertiary/aromatic N) is 1. The van der Waals surface area contributed by atoms with Gasteiger partial charge in [0.1, 0.15) is 11.3 Å². The lowest BCUT2D eigenvalue weighted by Gasteiger charge is -2.19. The summed E-state index contributed by atoms with van der Waals surface area (Å²) in [4.78, 5) is 25.5. The fourth-order valence-corrected chi connectivity index (χ4v) is 1.05. The van der Waals surface area contributed by atoms with Gasteiger partial charge in [0.25, 0.3) is 0 Å². The molecule has 0 aliphatic carbocycles. The molecule has 0 saturated heterocycles. The number of hydrogen-bond acceptors (Lipinski definition) is 4. The van der Waals surface area contributed by atoms with Gasteiger partial charge in [-0.15, -0.1) is 0 Å². The van der Waals surface area contributed by atoms with Gasteiger partial charge >= 0.3 is 11.9 Å². The molecule has 1 aromatic rings. The topological polar surface area (TPSA) is 76.5 Å². The van der Waals surface area contributed by atoms with E-state index < -0.39 is 34.6 Å². The van der Waals surface area contributed by atoms with Crippen LogP contribution in [0.1, 0.15) is 41.6 Å². The van der Waals surface area contributed by atoms with Gasteiger partial charge in [0.15, 0.2) is 5.82 Å². The minimum atomic E-state index is -1.34. The van der Waals surface area contributed by atoms with Crippen molar-refractivity contribution >= 4 is 11.9 Å². The van der Waals surface area contributed by atoms with E-state index in [9.17, 15) is 14.0 Å². The van der Waals surface area contributed by atoms with Crippen LogP contribution in [0, 0.1) is 5.82 Å². The molecule has 1 rings (SSSR count). The molecule has 0 spiro atoms. The van der Waals surface area contributed by atoms with E-state index in [4.69, 9.17) is 9.84 Å². The molecule has 0 amide bonds. The first kappa shape index (κ1) is 13.1. The van der Waals surface area contributed by atoms with Gasteiger partial charge in [0.05, 0.1) is 11.8 Å². The number of carbonyl (C=O) groups is 2. The van der Waals surface area contributed by atoms with Crippen molar-refractivity contribution in [2.24, 2.45) is 0 Å². The average Bonchev–Trinajstić information content (AvgIpc) is 2.14. The lowest BCUT2D eigenvalue weighted by molar-refractivity contribution is 0.00645. The Labute approximate surface area is 97.2 Å². The Morgan fingerprint density at radius 1 is 1.41 bits per heavy atom. The summed E-state index contributed by atoms with van der Waals surface area (Å²) >= 11 is 0. The fraction of sp³-hybridized carbons (Fsp3) is 0.364. The SMILES string of the molecule is CC(C)(C)OC(=O)c1cc(C(=O)O)ncc1F.